The van der Waals surface area contributed by atoms with Crippen molar-refractivity contribution in [2.45, 2.75) is 25.7 Å². The van der Waals surface area contributed by atoms with E-state index in [1.807, 2.05) is 6.07 Å². The Hall–Kier alpha value is -3.10. The molecule has 8 nitrogen and oxygen atoms in total. The molecule has 1 fully saturated rings. The second-order valence-corrected chi connectivity index (χ2v) is 8.77. The summed E-state index contributed by atoms with van der Waals surface area (Å²) in [5, 5.41) is 1.06. The van der Waals surface area contributed by atoms with E-state index in [2.05, 4.69) is 9.97 Å². The van der Waals surface area contributed by atoms with Crippen molar-refractivity contribution >= 4 is 28.3 Å². The average molecular weight is 485 g/mol. The van der Waals surface area contributed by atoms with Crippen molar-refractivity contribution in [3.05, 3.63) is 41.2 Å². The van der Waals surface area contributed by atoms with E-state index in [0.29, 0.717) is 90.0 Å². The first kappa shape index (κ1) is 22.7. The Morgan fingerprint density at radius 2 is 1.94 bits per heavy atom. The molecule has 178 valence electrons. The van der Waals surface area contributed by atoms with Crippen LogP contribution in [0.1, 0.15) is 24.8 Å². The van der Waals surface area contributed by atoms with Crippen LogP contribution in [-0.2, 0) is 16.0 Å². The molecule has 0 radical (unpaired) electrons. The number of Topliss-reactive ketones (excluding diaryl/α,β-unsaturated/α-hetero) is 1. The summed E-state index contributed by atoms with van der Waals surface area (Å²) in [4.78, 5) is 20.9. The monoisotopic (exact) mass is 484 g/mol. The molecule has 1 aliphatic carbocycles. The fraction of sp³-hybridized carbons (Fsp3) is 0.400. The molecule has 1 aromatic heterocycles. The lowest BCUT2D eigenvalue weighted by atomic mass is 10.0. The highest BCUT2D eigenvalue weighted by Gasteiger charge is 2.26. The van der Waals surface area contributed by atoms with Crippen molar-refractivity contribution in [2.24, 2.45) is 5.92 Å². The Kier molecular flexibility index (Phi) is 6.69. The smallest absolute Gasteiger partial charge is 0.234 e. The van der Waals surface area contributed by atoms with Crippen LogP contribution in [0.3, 0.4) is 0 Å². The highest BCUT2D eigenvalue weighted by molar-refractivity contribution is 6.31. The third kappa shape index (κ3) is 5.03. The van der Waals surface area contributed by atoms with E-state index in [1.165, 1.54) is 6.33 Å². The number of carbonyl (C=O) groups excluding carboxylic acids is 1. The van der Waals surface area contributed by atoms with Gasteiger partial charge in [-0.3, -0.25) is 4.79 Å². The zero-order valence-corrected chi connectivity index (χ0v) is 19.6. The maximum absolute atomic E-state index is 12.2. The maximum atomic E-state index is 12.2. The lowest BCUT2D eigenvalue weighted by molar-refractivity contribution is -0.118. The SMILES string of the molecule is COCCOc1cc2ncnc(Oc3ccc(CC(=O)CC4CC4)c(Cl)c3)c2c2c1OCCO2. The number of nitrogens with zero attached hydrogens (tertiary/aromatic N) is 2. The minimum absolute atomic E-state index is 0.215. The van der Waals surface area contributed by atoms with Gasteiger partial charge in [0, 0.05) is 31.0 Å². The van der Waals surface area contributed by atoms with Crippen LogP contribution in [-0.4, -0.2) is 49.3 Å². The van der Waals surface area contributed by atoms with Crippen LogP contribution in [0, 0.1) is 5.92 Å². The summed E-state index contributed by atoms with van der Waals surface area (Å²) in [6.45, 7) is 1.59. The van der Waals surface area contributed by atoms with Crippen molar-refractivity contribution in [1.29, 1.82) is 0 Å². The van der Waals surface area contributed by atoms with Crippen LogP contribution < -0.4 is 18.9 Å². The average Bonchev–Trinajstić information content (AvgIpc) is 3.65. The van der Waals surface area contributed by atoms with E-state index in [4.69, 9.17) is 35.3 Å². The van der Waals surface area contributed by atoms with E-state index in [1.54, 1.807) is 25.3 Å². The molecule has 2 aromatic carbocycles. The number of fused-ring (bicyclic) bond motifs is 3. The number of methoxy groups -OCH3 is 1. The number of hydrogen-bond donors (Lipinski definition) is 0. The molecule has 3 aromatic rings. The molecule has 0 unspecified atom stereocenters. The van der Waals surface area contributed by atoms with E-state index in [-0.39, 0.29) is 5.78 Å². The van der Waals surface area contributed by atoms with Gasteiger partial charge < -0.3 is 23.7 Å². The second kappa shape index (κ2) is 10.0. The number of aromatic nitrogens is 2. The summed E-state index contributed by atoms with van der Waals surface area (Å²) in [6, 6.07) is 7.07. The Morgan fingerprint density at radius 1 is 1.12 bits per heavy atom. The fourth-order valence-corrected chi connectivity index (χ4v) is 4.11. The predicted molar refractivity (Wildman–Crippen MR) is 125 cm³/mol. The van der Waals surface area contributed by atoms with Gasteiger partial charge in [-0.15, -0.1) is 0 Å². The number of ketones is 1. The molecular formula is C25H25ClN2O6. The molecule has 9 heteroatoms. The van der Waals surface area contributed by atoms with Gasteiger partial charge in [-0.2, -0.15) is 0 Å². The molecule has 5 rings (SSSR count). The number of benzene rings is 2. The number of carbonyl (C=O) groups is 1. The van der Waals surface area contributed by atoms with Crippen LogP contribution in [0.25, 0.3) is 10.9 Å². The summed E-state index contributed by atoms with van der Waals surface area (Å²) in [5.41, 5.74) is 1.38. The quantitative estimate of drug-likeness (QED) is 0.380. The molecular weight excluding hydrogens is 460 g/mol. The minimum Gasteiger partial charge on any atom is -0.487 e. The number of halogens is 1. The summed E-state index contributed by atoms with van der Waals surface area (Å²) in [5.74, 6) is 3.05. The molecule has 0 atom stereocenters. The lowest BCUT2D eigenvalue weighted by Gasteiger charge is -2.23. The summed E-state index contributed by atoms with van der Waals surface area (Å²) < 4.78 is 28.8. The molecule has 1 aliphatic heterocycles. The van der Waals surface area contributed by atoms with Gasteiger partial charge in [-0.05, 0) is 36.5 Å². The van der Waals surface area contributed by atoms with E-state index >= 15 is 0 Å². The highest BCUT2D eigenvalue weighted by Crippen LogP contribution is 2.48. The second-order valence-electron chi connectivity index (χ2n) is 8.36. The Balaban J connectivity index is 1.42. The van der Waals surface area contributed by atoms with Gasteiger partial charge in [-0.1, -0.05) is 17.7 Å². The number of hydrogen-bond acceptors (Lipinski definition) is 8. The first-order valence-electron chi connectivity index (χ1n) is 11.3. The third-order valence-corrected chi connectivity index (χ3v) is 6.08. The number of ether oxygens (including phenoxy) is 5. The van der Waals surface area contributed by atoms with Crippen molar-refractivity contribution in [2.75, 3.05) is 33.5 Å². The molecule has 2 heterocycles. The van der Waals surface area contributed by atoms with Gasteiger partial charge in [-0.25, -0.2) is 9.97 Å². The summed E-state index contributed by atoms with van der Waals surface area (Å²) in [7, 11) is 1.61. The van der Waals surface area contributed by atoms with Gasteiger partial charge in [0.1, 0.15) is 43.1 Å². The topological polar surface area (TPSA) is 89.0 Å². The molecule has 1 saturated carbocycles. The van der Waals surface area contributed by atoms with Gasteiger partial charge in [0.15, 0.2) is 11.5 Å². The Bertz CT molecular complexity index is 1210. The van der Waals surface area contributed by atoms with Crippen molar-refractivity contribution < 1.29 is 28.5 Å². The van der Waals surface area contributed by atoms with Gasteiger partial charge in [0.05, 0.1) is 12.1 Å². The van der Waals surface area contributed by atoms with Gasteiger partial charge >= 0.3 is 0 Å². The minimum atomic E-state index is 0.215. The Labute approximate surface area is 202 Å². The first-order chi connectivity index (χ1) is 16.6. The van der Waals surface area contributed by atoms with Crippen molar-refractivity contribution in [1.82, 2.24) is 9.97 Å². The predicted octanol–water partition coefficient (Wildman–Crippen LogP) is 4.78. The molecule has 0 N–H and O–H groups in total. The van der Waals surface area contributed by atoms with Crippen LogP contribution >= 0.6 is 11.6 Å². The van der Waals surface area contributed by atoms with Crippen LogP contribution in [0.15, 0.2) is 30.6 Å². The molecule has 0 bridgehead atoms. The summed E-state index contributed by atoms with van der Waals surface area (Å²) in [6.07, 6.45) is 4.68. The fourth-order valence-electron chi connectivity index (χ4n) is 3.88. The normalized spacial score (nSPS) is 14.8. The van der Waals surface area contributed by atoms with Crippen LogP contribution in [0.4, 0.5) is 0 Å². The molecule has 0 amide bonds. The first-order valence-corrected chi connectivity index (χ1v) is 11.7. The number of rotatable bonds is 10. The van der Waals surface area contributed by atoms with E-state index < -0.39 is 0 Å². The van der Waals surface area contributed by atoms with Crippen molar-refractivity contribution in [3.8, 4) is 28.9 Å². The maximum Gasteiger partial charge on any atom is 0.234 e. The molecule has 34 heavy (non-hydrogen) atoms. The molecule has 0 spiro atoms. The van der Waals surface area contributed by atoms with Gasteiger partial charge in [0.25, 0.3) is 0 Å². The lowest BCUT2D eigenvalue weighted by Crippen LogP contribution is -2.17. The largest absolute Gasteiger partial charge is 0.487 e. The molecule has 2 aliphatic rings. The third-order valence-electron chi connectivity index (χ3n) is 5.73. The zero-order chi connectivity index (χ0) is 23.5. The molecule has 0 saturated heterocycles. The van der Waals surface area contributed by atoms with E-state index in [0.717, 1.165) is 18.4 Å². The highest BCUT2D eigenvalue weighted by atomic mass is 35.5. The van der Waals surface area contributed by atoms with Gasteiger partial charge in [0.2, 0.25) is 11.6 Å². The summed E-state index contributed by atoms with van der Waals surface area (Å²) >= 11 is 6.47. The van der Waals surface area contributed by atoms with E-state index in [9.17, 15) is 4.79 Å². The zero-order valence-electron chi connectivity index (χ0n) is 18.8. The standard InChI is InChI=1S/C25H25ClN2O6/c1-30-6-7-31-21-13-20-22(24-23(21)32-8-9-33-24)25(28-14-27-20)34-18-5-4-16(19(26)12-18)11-17(29)10-15-2-3-15/h4-5,12-15H,2-3,6-11H2,1H3. The van der Waals surface area contributed by atoms with Crippen molar-refractivity contribution in [3.63, 3.8) is 0 Å². The van der Waals surface area contributed by atoms with Crippen LogP contribution in [0.5, 0.6) is 28.9 Å². The van der Waals surface area contributed by atoms with Crippen LogP contribution in [0.2, 0.25) is 5.02 Å². The Morgan fingerprint density at radius 3 is 2.71 bits per heavy atom.